The van der Waals surface area contributed by atoms with Gasteiger partial charge in [0.2, 0.25) is 0 Å². The zero-order valence-corrected chi connectivity index (χ0v) is 17.0. The lowest BCUT2D eigenvalue weighted by atomic mass is 9.97. The van der Waals surface area contributed by atoms with Gasteiger partial charge in [-0.15, -0.1) is 0 Å². The first-order valence-corrected chi connectivity index (χ1v) is 9.92. The molecule has 0 radical (unpaired) electrons. The lowest BCUT2D eigenvalue weighted by Gasteiger charge is -2.24. The number of amides is 1. The number of hydrogen-bond donors (Lipinski definition) is 0. The molecule has 1 aliphatic heterocycles. The number of fused-ring (bicyclic) bond motifs is 2. The van der Waals surface area contributed by atoms with Crippen LogP contribution in [0.15, 0.2) is 48.5 Å². The molecule has 3 aromatic rings. The van der Waals surface area contributed by atoms with E-state index in [1.807, 2.05) is 18.2 Å². The van der Waals surface area contributed by atoms with E-state index in [0.29, 0.717) is 22.2 Å². The summed E-state index contributed by atoms with van der Waals surface area (Å²) in [5.41, 5.74) is 1.68. The minimum absolute atomic E-state index is 0.0116. The molecule has 0 saturated heterocycles. The van der Waals surface area contributed by atoms with E-state index in [4.69, 9.17) is 14.3 Å². The van der Waals surface area contributed by atoms with E-state index in [-0.39, 0.29) is 30.4 Å². The summed E-state index contributed by atoms with van der Waals surface area (Å²) in [7, 11) is 0. The van der Waals surface area contributed by atoms with E-state index >= 15 is 0 Å². The fourth-order valence-electron chi connectivity index (χ4n) is 3.56. The van der Waals surface area contributed by atoms with Crippen LogP contribution in [0.3, 0.4) is 0 Å². The molecule has 0 spiro atoms. The topological polar surface area (TPSA) is 63.2 Å². The van der Waals surface area contributed by atoms with Crippen molar-refractivity contribution in [3.8, 4) is 0 Å². The molecular weight excluding hydrogens is 386 g/mol. The molecule has 0 N–H and O–H groups in total. The maximum absolute atomic E-state index is 13.2. The highest BCUT2D eigenvalue weighted by atomic mass is 35.5. The highest BCUT2D eigenvalue weighted by Gasteiger charge is 2.39. The van der Waals surface area contributed by atoms with E-state index in [1.165, 1.54) is 4.90 Å². The number of carbonyl (C=O) groups is 2. The quantitative estimate of drug-likeness (QED) is 0.512. The molecule has 0 bridgehead atoms. The number of hydrogen-bond acceptors (Lipinski definition) is 4. The molecule has 0 aliphatic carbocycles. The van der Waals surface area contributed by atoms with Crippen LogP contribution in [-0.2, 0) is 4.79 Å². The zero-order valence-electron chi connectivity index (χ0n) is 18.2. The Balaban J connectivity index is 1.72. The standard InChI is InChI=1S/C23H22ClN3O2/c1-14(2)7-10-16(28)13-19-17-5-3-4-6-18(17)23(29)27(19)21-12-9-15-8-11-20(24)25-22(15)26-21/h3-6,8-9,11-12,14,19H,7,10,13H2,1-2H3/t19-/m0/s1/i7D2. The van der Waals surface area contributed by atoms with Crippen LogP contribution < -0.4 is 4.90 Å². The van der Waals surface area contributed by atoms with Gasteiger partial charge < -0.3 is 0 Å². The van der Waals surface area contributed by atoms with E-state index in [2.05, 4.69) is 9.97 Å². The number of benzene rings is 1. The Morgan fingerprint density at radius 2 is 1.93 bits per heavy atom. The SMILES string of the molecule is [2H]C([2H])(CC(=O)C[C@H]1c2ccccc2C(=O)N1c1ccc2ccc(Cl)nc2n1)C(C)C. The molecular formula is C23H22ClN3O2. The van der Waals surface area contributed by atoms with E-state index in [9.17, 15) is 9.59 Å². The summed E-state index contributed by atoms with van der Waals surface area (Å²) in [6.45, 7) is 3.51. The molecule has 148 valence electrons. The third kappa shape index (κ3) is 3.87. The van der Waals surface area contributed by atoms with Gasteiger partial charge >= 0.3 is 0 Å². The molecule has 2 aromatic heterocycles. The van der Waals surface area contributed by atoms with Crippen LogP contribution >= 0.6 is 11.6 Å². The van der Waals surface area contributed by atoms with Crippen LogP contribution in [0, 0.1) is 5.92 Å². The van der Waals surface area contributed by atoms with Crippen LogP contribution in [0.1, 0.15) is 57.8 Å². The minimum atomic E-state index is -1.61. The van der Waals surface area contributed by atoms with Gasteiger partial charge in [-0.2, -0.15) is 0 Å². The molecule has 0 saturated carbocycles. The van der Waals surface area contributed by atoms with Crippen molar-refractivity contribution in [1.29, 1.82) is 0 Å². The molecule has 4 rings (SSSR count). The van der Waals surface area contributed by atoms with Gasteiger partial charge in [-0.1, -0.05) is 43.6 Å². The largest absolute Gasteiger partial charge is 0.300 e. The van der Waals surface area contributed by atoms with Crippen LogP contribution in [-0.4, -0.2) is 21.7 Å². The maximum atomic E-state index is 13.2. The number of ketones is 1. The second-order valence-corrected chi connectivity index (χ2v) is 7.79. The third-order valence-electron chi connectivity index (χ3n) is 4.96. The summed E-state index contributed by atoms with van der Waals surface area (Å²) in [6.07, 6.45) is -1.79. The second-order valence-electron chi connectivity index (χ2n) is 7.41. The van der Waals surface area contributed by atoms with Crippen LogP contribution in [0.5, 0.6) is 0 Å². The molecule has 1 aliphatic rings. The van der Waals surface area contributed by atoms with Gasteiger partial charge in [0.25, 0.3) is 5.91 Å². The highest BCUT2D eigenvalue weighted by Crippen LogP contribution is 2.39. The van der Waals surface area contributed by atoms with Crippen molar-refractivity contribution in [3.63, 3.8) is 0 Å². The number of nitrogens with zero attached hydrogens (tertiary/aromatic N) is 3. The predicted octanol–water partition coefficient (Wildman–Crippen LogP) is 5.38. The summed E-state index contributed by atoms with van der Waals surface area (Å²) in [6, 6.07) is 13.6. The normalized spacial score (nSPS) is 17.4. The summed E-state index contributed by atoms with van der Waals surface area (Å²) in [5.74, 6) is -0.384. The van der Waals surface area contributed by atoms with Gasteiger partial charge in [0.05, 0.1) is 6.04 Å². The number of pyridine rings is 2. The summed E-state index contributed by atoms with van der Waals surface area (Å²) >= 11 is 6.01. The molecule has 0 unspecified atom stereocenters. The Morgan fingerprint density at radius 3 is 2.72 bits per heavy atom. The average molecular weight is 410 g/mol. The molecule has 1 atom stereocenters. The van der Waals surface area contributed by atoms with Gasteiger partial charge in [-0.25, -0.2) is 9.97 Å². The Bertz CT molecular complexity index is 1180. The molecule has 5 nitrogen and oxygen atoms in total. The van der Waals surface area contributed by atoms with Gasteiger partial charge in [0.15, 0.2) is 5.65 Å². The minimum Gasteiger partial charge on any atom is -0.300 e. The number of anilines is 1. The first kappa shape index (κ1) is 17.1. The fraction of sp³-hybridized carbons (Fsp3) is 0.304. The lowest BCUT2D eigenvalue weighted by molar-refractivity contribution is -0.119. The Labute approximate surface area is 177 Å². The van der Waals surface area contributed by atoms with Gasteiger partial charge in [0, 0.05) is 26.5 Å². The molecule has 0 fully saturated rings. The monoisotopic (exact) mass is 409 g/mol. The van der Waals surface area contributed by atoms with Crippen molar-refractivity contribution in [2.75, 3.05) is 4.90 Å². The predicted molar refractivity (Wildman–Crippen MR) is 114 cm³/mol. The van der Waals surface area contributed by atoms with Gasteiger partial charge in [-0.05, 0) is 48.2 Å². The van der Waals surface area contributed by atoms with E-state index in [0.717, 1.165) is 10.9 Å². The van der Waals surface area contributed by atoms with Crippen molar-refractivity contribution in [3.05, 3.63) is 64.8 Å². The summed E-state index contributed by atoms with van der Waals surface area (Å²) in [4.78, 5) is 36.4. The van der Waals surface area contributed by atoms with Crippen molar-refractivity contribution >= 4 is 40.1 Å². The van der Waals surface area contributed by atoms with E-state index in [1.54, 1.807) is 44.2 Å². The fourth-order valence-corrected chi connectivity index (χ4v) is 3.71. The van der Waals surface area contributed by atoms with Crippen molar-refractivity contribution in [2.24, 2.45) is 5.92 Å². The smallest absolute Gasteiger partial charge is 0.260 e. The Morgan fingerprint density at radius 1 is 1.17 bits per heavy atom. The first-order valence-electron chi connectivity index (χ1n) is 10.5. The number of carbonyl (C=O) groups excluding carboxylic acids is 2. The van der Waals surface area contributed by atoms with Gasteiger partial charge in [0.1, 0.15) is 16.8 Å². The van der Waals surface area contributed by atoms with Crippen molar-refractivity contribution in [1.82, 2.24) is 9.97 Å². The number of halogens is 1. The first-order chi connectivity index (χ1) is 14.7. The lowest BCUT2D eigenvalue weighted by Crippen LogP contribution is -2.30. The number of aromatic nitrogens is 2. The molecule has 6 heteroatoms. The summed E-state index contributed by atoms with van der Waals surface area (Å²) < 4.78 is 16.3. The van der Waals surface area contributed by atoms with Crippen LogP contribution in [0.25, 0.3) is 11.0 Å². The van der Waals surface area contributed by atoms with E-state index < -0.39 is 12.4 Å². The Hall–Kier alpha value is -2.79. The van der Waals surface area contributed by atoms with Crippen molar-refractivity contribution < 1.29 is 12.3 Å². The third-order valence-corrected chi connectivity index (χ3v) is 5.17. The maximum Gasteiger partial charge on any atom is 0.260 e. The van der Waals surface area contributed by atoms with Crippen molar-refractivity contribution in [2.45, 2.75) is 39.1 Å². The van der Waals surface area contributed by atoms with Crippen LogP contribution in [0.4, 0.5) is 5.82 Å². The molecule has 29 heavy (non-hydrogen) atoms. The highest BCUT2D eigenvalue weighted by molar-refractivity contribution is 6.29. The number of rotatable bonds is 6. The zero-order chi connectivity index (χ0) is 22.3. The van der Waals surface area contributed by atoms with Crippen LogP contribution in [0.2, 0.25) is 5.15 Å². The summed E-state index contributed by atoms with van der Waals surface area (Å²) in [5, 5.41) is 1.09. The Kier molecular flexibility index (Phi) is 4.67. The second kappa shape index (κ2) is 7.91. The molecule has 1 amide bonds. The molecule has 3 heterocycles. The number of Topliss-reactive ketones (excluding diaryl/α,β-unsaturated/α-hetero) is 1. The average Bonchev–Trinajstić information content (AvgIpc) is 2.99. The molecule has 1 aromatic carbocycles. The van der Waals surface area contributed by atoms with Gasteiger partial charge in [-0.3, -0.25) is 14.5 Å².